The number of rotatable bonds is 6. The molecule has 1 aromatic carbocycles. The minimum atomic E-state index is -3.74. The normalized spacial score (nSPS) is 38.2. The van der Waals surface area contributed by atoms with Crippen LogP contribution in [0.25, 0.3) is 0 Å². The van der Waals surface area contributed by atoms with Gasteiger partial charge in [-0.2, -0.15) is 9.05 Å². The van der Waals surface area contributed by atoms with Gasteiger partial charge in [0.15, 0.2) is 24.3 Å². The molecule has 3 aliphatic rings. The van der Waals surface area contributed by atoms with E-state index in [1.54, 1.807) is 30.7 Å². The van der Waals surface area contributed by atoms with Crippen molar-refractivity contribution in [2.24, 2.45) is 0 Å². The molecule has 3 fully saturated rings. The van der Waals surface area contributed by atoms with E-state index < -0.39 is 44.6 Å². The molecule has 6 atom stereocenters. The highest BCUT2D eigenvalue weighted by Gasteiger charge is 2.65. The minimum absolute atomic E-state index is 0.252. The second-order valence-electron chi connectivity index (χ2n) is 7.52. The van der Waals surface area contributed by atoms with Gasteiger partial charge in [0.2, 0.25) is 0 Å². The first-order valence-electron chi connectivity index (χ1n) is 9.37. The molecular weight excluding hydrogens is 464 g/mol. The van der Waals surface area contributed by atoms with E-state index in [2.05, 4.69) is 0 Å². The van der Waals surface area contributed by atoms with Crippen LogP contribution in [0.15, 0.2) is 24.3 Å². The third-order valence-corrected chi connectivity index (χ3v) is 7.74. The second-order valence-corrected chi connectivity index (χ2v) is 10.6. The van der Waals surface area contributed by atoms with Gasteiger partial charge in [-0.1, -0.05) is 23.7 Å². The van der Waals surface area contributed by atoms with Gasteiger partial charge in [0.25, 0.3) is 0 Å². The Morgan fingerprint density at radius 1 is 1.00 bits per heavy atom. The number of ether oxygens (including phenoxy) is 3. The lowest BCUT2D eigenvalue weighted by Gasteiger charge is -2.45. The van der Waals surface area contributed by atoms with Crippen molar-refractivity contribution in [3.8, 4) is 0 Å². The Kier molecular flexibility index (Phi) is 6.69. The number of benzene rings is 1. The van der Waals surface area contributed by atoms with Crippen molar-refractivity contribution >= 4 is 42.9 Å². The molecule has 0 aliphatic carbocycles. The van der Waals surface area contributed by atoms with Crippen LogP contribution in [0.3, 0.4) is 0 Å². The highest BCUT2D eigenvalue weighted by atomic mass is 35.5. The van der Waals surface area contributed by atoms with E-state index in [4.69, 9.17) is 58.1 Å². The summed E-state index contributed by atoms with van der Waals surface area (Å²) in [5.41, 5.74) is 0.767. The van der Waals surface area contributed by atoms with Gasteiger partial charge in [-0.15, -0.1) is 27.9 Å². The van der Waals surface area contributed by atoms with Crippen LogP contribution in [0.5, 0.6) is 0 Å². The summed E-state index contributed by atoms with van der Waals surface area (Å²) in [6, 6.07) is 7.13. The molecule has 29 heavy (non-hydrogen) atoms. The molecule has 0 saturated carbocycles. The van der Waals surface area contributed by atoms with Crippen LogP contribution in [-0.2, 0) is 23.3 Å². The van der Waals surface area contributed by atoms with Gasteiger partial charge in [0.1, 0.15) is 12.2 Å². The average Bonchev–Trinajstić information content (AvgIpc) is 3.14. The summed E-state index contributed by atoms with van der Waals surface area (Å²) < 4.78 is 31.6. The largest absolute Gasteiger partial charge is 0.616 e. The lowest BCUT2D eigenvalue weighted by atomic mass is 9.99. The molecule has 0 spiro atoms. The van der Waals surface area contributed by atoms with Crippen LogP contribution in [0.1, 0.15) is 25.5 Å². The zero-order chi connectivity index (χ0) is 20.8. The van der Waals surface area contributed by atoms with Crippen molar-refractivity contribution in [3.63, 3.8) is 0 Å². The van der Waals surface area contributed by atoms with Crippen molar-refractivity contribution in [2.75, 3.05) is 24.8 Å². The Hall–Kier alpha value is 0.240. The predicted octanol–water partition coefficient (Wildman–Crippen LogP) is 3.49. The maximum atomic E-state index is 13.8. The molecule has 7 nitrogen and oxygen atoms in total. The van der Waals surface area contributed by atoms with Crippen molar-refractivity contribution in [3.05, 3.63) is 34.9 Å². The van der Waals surface area contributed by atoms with E-state index in [1.165, 1.54) is 0 Å². The standard InChI is InChI=1S/C18H23Cl3NO6P/c1-18(2)25-16-15-14(24-17(16)26-18)13(11-3-5-12(21)6-4-11)27-29(23,28-15)22(9-7-19)10-8-20/h3-6,13-17H,7-10H2,1-2H3/t13-,14?,15?,16?,17?,29?/m1/s1. The van der Waals surface area contributed by atoms with Crippen LogP contribution in [-0.4, -0.2) is 59.9 Å². The summed E-state index contributed by atoms with van der Waals surface area (Å²) in [5.74, 6) is -0.321. The van der Waals surface area contributed by atoms with E-state index in [-0.39, 0.29) is 11.8 Å². The Morgan fingerprint density at radius 3 is 2.28 bits per heavy atom. The van der Waals surface area contributed by atoms with Crippen LogP contribution in [0, 0.1) is 0 Å². The molecule has 162 valence electrons. The molecule has 3 heterocycles. The van der Waals surface area contributed by atoms with Crippen LogP contribution in [0.2, 0.25) is 5.02 Å². The third-order valence-electron chi connectivity index (χ3n) is 5.06. The Morgan fingerprint density at radius 2 is 1.66 bits per heavy atom. The average molecular weight is 487 g/mol. The number of hydrogen-bond acceptors (Lipinski definition) is 7. The molecule has 5 unspecified atom stereocenters. The Balaban J connectivity index is 1.68. The molecule has 11 heteroatoms. The summed E-state index contributed by atoms with van der Waals surface area (Å²) in [4.78, 5) is 13.8. The van der Waals surface area contributed by atoms with Gasteiger partial charge in [0.05, 0.1) is 13.1 Å². The highest BCUT2D eigenvalue weighted by Crippen LogP contribution is 2.66. The van der Waals surface area contributed by atoms with E-state index in [1.807, 2.05) is 12.1 Å². The number of halogens is 3. The SMILES string of the molecule is CC1(C)OC2OC3C(O[P+]([O-])(N(CCCl)CCCl)O[C@@H]3c3ccc(Cl)cc3)C2O1. The van der Waals surface area contributed by atoms with Crippen molar-refractivity contribution in [2.45, 2.75) is 50.3 Å². The van der Waals surface area contributed by atoms with Crippen LogP contribution >= 0.6 is 42.9 Å². The van der Waals surface area contributed by atoms with Crippen molar-refractivity contribution < 1.29 is 28.2 Å². The number of nitrogens with zero attached hydrogens (tertiary/aromatic N) is 1. The summed E-state index contributed by atoms with van der Waals surface area (Å²) >= 11 is 17.9. The van der Waals surface area contributed by atoms with Gasteiger partial charge in [-0.25, -0.2) is 0 Å². The zero-order valence-corrected chi connectivity index (χ0v) is 19.2. The molecule has 3 aliphatic heterocycles. The molecular formula is C18H23Cl3NO6P. The van der Waals surface area contributed by atoms with E-state index in [0.717, 1.165) is 5.56 Å². The van der Waals surface area contributed by atoms with Crippen LogP contribution in [0.4, 0.5) is 0 Å². The molecule has 0 N–H and O–H groups in total. The molecule has 0 aromatic heterocycles. The van der Waals surface area contributed by atoms with E-state index in [0.29, 0.717) is 18.1 Å². The predicted molar refractivity (Wildman–Crippen MR) is 109 cm³/mol. The lowest BCUT2D eigenvalue weighted by Crippen LogP contribution is -2.50. The summed E-state index contributed by atoms with van der Waals surface area (Å²) in [6.07, 6.45) is -3.03. The van der Waals surface area contributed by atoms with E-state index in [9.17, 15) is 4.89 Å². The molecule has 4 rings (SSSR count). The zero-order valence-electron chi connectivity index (χ0n) is 16.0. The third kappa shape index (κ3) is 4.43. The number of fused-ring (bicyclic) bond motifs is 3. The monoisotopic (exact) mass is 485 g/mol. The first-order chi connectivity index (χ1) is 13.8. The fourth-order valence-corrected chi connectivity index (χ4v) is 6.69. The van der Waals surface area contributed by atoms with Gasteiger partial charge >= 0.3 is 8.09 Å². The smallest absolute Gasteiger partial charge is 0.316 e. The molecule has 0 bridgehead atoms. The molecule has 1 aromatic rings. The van der Waals surface area contributed by atoms with E-state index >= 15 is 0 Å². The molecule has 3 saturated heterocycles. The first kappa shape index (κ1) is 22.4. The fraction of sp³-hybridized carbons (Fsp3) is 0.667. The fourth-order valence-electron chi connectivity index (χ4n) is 3.84. The highest BCUT2D eigenvalue weighted by molar-refractivity contribution is 7.56. The summed E-state index contributed by atoms with van der Waals surface area (Å²) in [6.45, 7) is 4.20. The minimum Gasteiger partial charge on any atom is -0.616 e. The number of hydrogen-bond donors (Lipinski definition) is 0. The van der Waals surface area contributed by atoms with Gasteiger partial charge < -0.3 is 19.1 Å². The van der Waals surface area contributed by atoms with Crippen molar-refractivity contribution in [1.82, 2.24) is 4.67 Å². The van der Waals surface area contributed by atoms with Gasteiger partial charge in [0, 0.05) is 16.8 Å². The summed E-state index contributed by atoms with van der Waals surface area (Å²) in [7, 11) is -3.74. The van der Waals surface area contributed by atoms with Crippen LogP contribution < -0.4 is 4.89 Å². The van der Waals surface area contributed by atoms with Gasteiger partial charge in [-0.3, -0.25) is 0 Å². The number of alkyl halides is 2. The molecule has 0 radical (unpaired) electrons. The maximum Gasteiger partial charge on any atom is 0.316 e. The Labute approximate surface area is 185 Å². The van der Waals surface area contributed by atoms with Crippen molar-refractivity contribution in [1.29, 1.82) is 0 Å². The summed E-state index contributed by atoms with van der Waals surface area (Å²) in [5, 5.41) is 0.587. The molecule has 0 amide bonds. The Bertz CT molecular complexity index is 722. The maximum absolute atomic E-state index is 13.8. The van der Waals surface area contributed by atoms with Gasteiger partial charge in [-0.05, 0) is 31.5 Å². The second kappa shape index (κ2) is 8.64. The topological polar surface area (TPSA) is 72.5 Å². The lowest BCUT2D eigenvalue weighted by molar-refractivity contribution is -0.281. The quantitative estimate of drug-likeness (QED) is 0.450. The first-order valence-corrected chi connectivity index (χ1v) is 12.3.